The second-order valence-electron chi connectivity index (χ2n) is 6.35. The van der Waals surface area contributed by atoms with Crippen LogP contribution >= 0.6 is 11.8 Å². The van der Waals surface area contributed by atoms with Crippen molar-refractivity contribution in [2.24, 2.45) is 10.4 Å². The molecule has 1 aliphatic carbocycles. The molecule has 0 saturated heterocycles. The molecule has 0 spiro atoms. The van der Waals surface area contributed by atoms with Gasteiger partial charge in [0, 0.05) is 11.3 Å². The summed E-state index contributed by atoms with van der Waals surface area (Å²) in [4.78, 5) is 16.0. The zero-order valence-corrected chi connectivity index (χ0v) is 12.3. The Labute approximate surface area is 113 Å². The van der Waals surface area contributed by atoms with Crippen molar-refractivity contribution in [2.75, 3.05) is 13.1 Å². The summed E-state index contributed by atoms with van der Waals surface area (Å²) in [5.41, 5.74) is 0.339. The maximum Gasteiger partial charge on any atom is 0.239 e. The van der Waals surface area contributed by atoms with Crippen molar-refractivity contribution >= 4 is 22.8 Å². The largest absolute Gasteiger partial charge is 0.356 e. The summed E-state index contributed by atoms with van der Waals surface area (Å²) in [5.74, 6) is 0.0834. The monoisotopic (exact) mass is 269 g/mol. The molecule has 1 aliphatic heterocycles. The van der Waals surface area contributed by atoms with E-state index >= 15 is 0 Å². The predicted octanol–water partition coefficient (Wildman–Crippen LogP) is 1.76. The number of amides is 1. The van der Waals surface area contributed by atoms with Crippen LogP contribution in [0.1, 0.15) is 40.0 Å². The van der Waals surface area contributed by atoms with Crippen LogP contribution < -0.4 is 10.6 Å². The number of amidine groups is 1. The molecule has 1 amide bonds. The van der Waals surface area contributed by atoms with Gasteiger partial charge < -0.3 is 10.6 Å². The summed E-state index contributed by atoms with van der Waals surface area (Å²) in [7, 11) is 0. The smallest absolute Gasteiger partial charge is 0.239 e. The minimum Gasteiger partial charge on any atom is -0.356 e. The van der Waals surface area contributed by atoms with E-state index in [9.17, 15) is 4.79 Å². The number of carbonyl (C=O) groups excluding carboxylic acids is 1. The zero-order valence-electron chi connectivity index (χ0n) is 11.5. The first kappa shape index (κ1) is 13.7. The summed E-state index contributed by atoms with van der Waals surface area (Å²) in [6.07, 6.45) is 3.42. The molecule has 0 aromatic heterocycles. The van der Waals surface area contributed by atoms with E-state index in [0.717, 1.165) is 31.0 Å². The lowest BCUT2D eigenvalue weighted by Crippen LogP contribution is -2.36. The summed E-state index contributed by atoms with van der Waals surface area (Å²) >= 11 is 1.77. The van der Waals surface area contributed by atoms with Crippen molar-refractivity contribution in [1.29, 1.82) is 0 Å². The highest BCUT2D eigenvalue weighted by molar-refractivity contribution is 8.14. The quantitative estimate of drug-likeness (QED) is 0.818. The molecule has 1 atom stereocenters. The van der Waals surface area contributed by atoms with E-state index in [0.29, 0.717) is 23.3 Å². The lowest BCUT2D eigenvalue weighted by molar-refractivity contribution is -0.120. The summed E-state index contributed by atoms with van der Waals surface area (Å²) < 4.78 is 0. The van der Waals surface area contributed by atoms with Crippen LogP contribution in [0, 0.1) is 5.41 Å². The van der Waals surface area contributed by atoms with Gasteiger partial charge in [0.2, 0.25) is 5.91 Å². The third-order valence-corrected chi connectivity index (χ3v) is 4.05. The number of nitrogens with one attached hydrogen (secondary N) is 2. The number of hydrogen-bond donors (Lipinski definition) is 2. The lowest BCUT2D eigenvalue weighted by atomic mass is 9.90. The summed E-state index contributed by atoms with van der Waals surface area (Å²) in [6, 6.07) is 0.436. The third kappa shape index (κ3) is 4.88. The van der Waals surface area contributed by atoms with Crippen LogP contribution in [0.25, 0.3) is 0 Å². The van der Waals surface area contributed by atoms with E-state index < -0.39 is 0 Å². The van der Waals surface area contributed by atoms with Crippen molar-refractivity contribution in [3.8, 4) is 0 Å². The van der Waals surface area contributed by atoms with E-state index in [2.05, 4.69) is 36.4 Å². The topological polar surface area (TPSA) is 53.5 Å². The number of aliphatic imine (C=N–C) groups is 1. The molecular weight excluding hydrogens is 246 g/mol. The Morgan fingerprint density at radius 3 is 2.78 bits per heavy atom. The number of rotatable bonds is 4. The van der Waals surface area contributed by atoms with Gasteiger partial charge in [0.1, 0.15) is 0 Å². The molecule has 2 N–H and O–H groups in total. The fourth-order valence-electron chi connectivity index (χ4n) is 1.97. The number of carbonyl (C=O) groups is 1. The Balaban J connectivity index is 1.64. The van der Waals surface area contributed by atoms with Crippen molar-refractivity contribution < 1.29 is 4.79 Å². The molecule has 1 fully saturated rings. The van der Waals surface area contributed by atoms with Gasteiger partial charge in [0.15, 0.2) is 5.17 Å². The number of hydrogen-bond acceptors (Lipinski definition) is 4. The fraction of sp³-hybridized carbons (Fsp3) is 0.846. The van der Waals surface area contributed by atoms with E-state index in [1.54, 1.807) is 11.8 Å². The molecule has 0 radical (unpaired) electrons. The average molecular weight is 269 g/mol. The normalized spacial score (nSPS) is 23.7. The molecule has 18 heavy (non-hydrogen) atoms. The van der Waals surface area contributed by atoms with Crippen molar-refractivity contribution in [1.82, 2.24) is 10.6 Å². The molecule has 4 nitrogen and oxygen atoms in total. The van der Waals surface area contributed by atoms with Gasteiger partial charge in [0.25, 0.3) is 0 Å². The van der Waals surface area contributed by atoms with Crippen LogP contribution in [0.5, 0.6) is 0 Å². The Bertz CT molecular complexity index is 345. The Kier molecular flexibility index (Phi) is 4.20. The van der Waals surface area contributed by atoms with E-state index in [1.165, 1.54) is 0 Å². The first-order chi connectivity index (χ1) is 8.42. The first-order valence-electron chi connectivity index (χ1n) is 6.67. The second kappa shape index (κ2) is 5.51. The van der Waals surface area contributed by atoms with Gasteiger partial charge >= 0.3 is 0 Å². The van der Waals surface area contributed by atoms with Crippen molar-refractivity contribution in [3.05, 3.63) is 0 Å². The Hall–Kier alpha value is -0.710. The highest BCUT2D eigenvalue weighted by atomic mass is 32.2. The average Bonchev–Trinajstić information content (AvgIpc) is 2.93. The van der Waals surface area contributed by atoms with Crippen LogP contribution in [-0.4, -0.2) is 35.5 Å². The SMILES string of the molecule is CC(C)(C)CC1CN=C(NCC(=O)NC2CC2)S1. The summed E-state index contributed by atoms with van der Waals surface area (Å²) in [5, 5.41) is 7.57. The highest BCUT2D eigenvalue weighted by Crippen LogP contribution is 2.31. The molecule has 0 aromatic carbocycles. The molecule has 1 heterocycles. The minimum absolute atomic E-state index is 0.0834. The van der Waals surface area contributed by atoms with Crippen molar-refractivity contribution in [2.45, 2.75) is 51.3 Å². The molecule has 0 aromatic rings. The van der Waals surface area contributed by atoms with Gasteiger partial charge in [-0.25, -0.2) is 0 Å². The standard InChI is InChI=1S/C13H23N3OS/c1-13(2,3)6-10-7-14-12(18-10)15-8-11(17)16-9-4-5-9/h9-10H,4-8H2,1-3H3,(H,14,15)(H,16,17). The molecule has 102 valence electrons. The molecule has 1 saturated carbocycles. The second-order valence-corrected chi connectivity index (χ2v) is 7.63. The highest BCUT2D eigenvalue weighted by Gasteiger charge is 2.26. The van der Waals surface area contributed by atoms with Gasteiger partial charge in [-0.1, -0.05) is 32.5 Å². The minimum atomic E-state index is 0.0834. The molecule has 2 aliphatic rings. The molecule has 1 unspecified atom stereocenters. The molecule has 2 rings (SSSR count). The third-order valence-electron chi connectivity index (χ3n) is 2.90. The van der Waals surface area contributed by atoms with Crippen LogP contribution in [0.3, 0.4) is 0 Å². The maximum atomic E-state index is 11.5. The van der Waals surface area contributed by atoms with Gasteiger partial charge in [-0.05, 0) is 24.7 Å². The van der Waals surface area contributed by atoms with Crippen LogP contribution in [0.15, 0.2) is 4.99 Å². The van der Waals surface area contributed by atoms with E-state index in [4.69, 9.17) is 0 Å². The van der Waals surface area contributed by atoms with Gasteiger partial charge in [0.05, 0.1) is 13.1 Å². The molecular formula is C13H23N3OS. The van der Waals surface area contributed by atoms with Crippen LogP contribution in [0.2, 0.25) is 0 Å². The molecule has 5 heteroatoms. The van der Waals surface area contributed by atoms with Crippen LogP contribution in [-0.2, 0) is 4.79 Å². The number of nitrogens with zero attached hydrogens (tertiary/aromatic N) is 1. The van der Waals surface area contributed by atoms with Crippen LogP contribution in [0.4, 0.5) is 0 Å². The Morgan fingerprint density at radius 2 is 2.17 bits per heavy atom. The van der Waals surface area contributed by atoms with E-state index in [-0.39, 0.29) is 5.91 Å². The number of thioether (sulfide) groups is 1. The fourth-order valence-corrected chi connectivity index (χ4v) is 3.32. The first-order valence-corrected chi connectivity index (χ1v) is 7.55. The predicted molar refractivity (Wildman–Crippen MR) is 76.9 cm³/mol. The van der Waals surface area contributed by atoms with E-state index in [1.807, 2.05) is 0 Å². The van der Waals surface area contributed by atoms with Gasteiger partial charge in [-0.3, -0.25) is 9.79 Å². The van der Waals surface area contributed by atoms with Crippen molar-refractivity contribution in [3.63, 3.8) is 0 Å². The zero-order chi connectivity index (χ0) is 13.2. The Morgan fingerprint density at radius 1 is 1.44 bits per heavy atom. The lowest BCUT2D eigenvalue weighted by Gasteiger charge is -2.21. The maximum absolute atomic E-state index is 11.5. The molecule has 0 bridgehead atoms. The summed E-state index contributed by atoms with van der Waals surface area (Å²) in [6.45, 7) is 7.98. The van der Waals surface area contributed by atoms with Gasteiger partial charge in [-0.15, -0.1) is 0 Å². The van der Waals surface area contributed by atoms with Gasteiger partial charge in [-0.2, -0.15) is 0 Å².